The molecule has 1 aromatic carbocycles. The molecular formula is C15H10N2O2. The summed E-state index contributed by atoms with van der Waals surface area (Å²) in [6.07, 6.45) is 3.27. The Morgan fingerprint density at radius 1 is 0.947 bits per heavy atom. The first-order valence-corrected chi connectivity index (χ1v) is 5.81. The van der Waals surface area contributed by atoms with Gasteiger partial charge in [-0.1, -0.05) is 30.3 Å². The number of pyridine rings is 1. The van der Waals surface area contributed by atoms with Crippen LogP contribution in [-0.4, -0.2) is 9.97 Å². The maximum absolute atomic E-state index is 11.6. The van der Waals surface area contributed by atoms with E-state index < -0.39 is 5.63 Å². The fourth-order valence-corrected chi connectivity index (χ4v) is 1.77. The molecule has 3 rings (SSSR count). The SMILES string of the molecule is O=c1cc(-c2ccccc2)nc(-c2cccnc2)o1. The van der Waals surface area contributed by atoms with Crippen molar-refractivity contribution in [2.24, 2.45) is 0 Å². The fourth-order valence-electron chi connectivity index (χ4n) is 1.77. The summed E-state index contributed by atoms with van der Waals surface area (Å²) < 4.78 is 5.12. The van der Waals surface area contributed by atoms with E-state index in [4.69, 9.17) is 4.42 Å². The largest absolute Gasteiger partial charge is 0.403 e. The molecule has 0 fully saturated rings. The highest BCUT2D eigenvalue weighted by molar-refractivity contribution is 5.61. The molecule has 19 heavy (non-hydrogen) atoms. The van der Waals surface area contributed by atoms with Gasteiger partial charge in [0.1, 0.15) is 0 Å². The number of hydrogen-bond donors (Lipinski definition) is 0. The first-order valence-electron chi connectivity index (χ1n) is 5.81. The predicted molar refractivity (Wildman–Crippen MR) is 71.4 cm³/mol. The Hall–Kier alpha value is -2.75. The molecule has 2 heterocycles. The van der Waals surface area contributed by atoms with Gasteiger partial charge in [0.05, 0.1) is 17.3 Å². The lowest BCUT2D eigenvalue weighted by Gasteiger charge is -2.02. The van der Waals surface area contributed by atoms with Gasteiger partial charge in [0.25, 0.3) is 0 Å². The van der Waals surface area contributed by atoms with Crippen molar-refractivity contribution >= 4 is 0 Å². The number of nitrogens with zero attached hydrogens (tertiary/aromatic N) is 2. The van der Waals surface area contributed by atoms with E-state index in [2.05, 4.69) is 9.97 Å². The van der Waals surface area contributed by atoms with E-state index in [9.17, 15) is 4.79 Å². The molecule has 0 radical (unpaired) electrons. The summed E-state index contributed by atoms with van der Waals surface area (Å²) in [6.45, 7) is 0. The summed E-state index contributed by atoms with van der Waals surface area (Å²) in [5, 5.41) is 0. The third-order valence-corrected chi connectivity index (χ3v) is 2.65. The lowest BCUT2D eigenvalue weighted by Crippen LogP contribution is -2.02. The van der Waals surface area contributed by atoms with Gasteiger partial charge in [0, 0.05) is 18.0 Å². The van der Waals surface area contributed by atoms with Crippen molar-refractivity contribution in [1.29, 1.82) is 0 Å². The third-order valence-electron chi connectivity index (χ3n) is 2.65. The number of hydrogen-bond acceptors (Lipinski definition) is 4. The molecule has 0 saturated carbocycles. The van der Waals surface area contributed by atoms with Crippen molar-refractivity contribution in [1.82, 2.24) is 9.97 Å². The molecule has 0 aliphatic rings. The van der Waals surface area contributed by atoms with Gasteiger partial charge in [0.15, 0.2) is 0 Å². The predicted octanol–water partition coefficient (Wildman–Crippen LogP) is 2.76. The van der Waals surface area contributed by atoms with Crippen molar-refractivity contribution in [2.75, 3.05) is 0 Å². The van der Waals surface area contributed by atoms with Gasteiger partial charge in [-0.2, -0.15) is 0 Å². The highest BCUT2D eigenvalue weighted by atomic mass is 16.4. The molecule has 0 N–H and O–H groups in total. The van der Waals surface area contributed by atoms with Crippen LogP contribution in [0.2, 0.25) is 0 Å². The van der Waals surface area contributed by atoms with E-state index >= 15 is 0 Å². The molecule has 4 heteroatoms. The molecule has 0 atom stereocenters. The summed E-state index contributed by atoms with van der Waals surface area (Å²) in [4.78, 5) is 20.0. The second-order valence-electron chi connectivity index (χ2n) is 3.98. The number of benzene rings is 1. The van der Waals surface area contributed by atoms with E-state index in [1.807, 2.05) is 30.3 Å². The second kappa shape index (κ2) is 4.86. The van der Waals surface area contributed by atoms with Crippen LogP contribution in [0.4, 0.5) is 0 Å². The molecule has 3 aromatic rings. The molecule has 4 nitrogen and oxygen atoms in total. The maximum Gasteiger partial charge on any atom is 0.339 e. The minimum absolute atomic E-state index is 0.277. The Labute approximate surface area is 109 Å². The quantitative estimate of drug-likeness (QED) is 0.701. The van der Waals surface area contributed by atoms with Gasteiger partial charge >= 0.3 is 5.63 Å². The average Bonchev–Trinajstić information content (AvgIpc) is 2.48. The van der Waals surface area contributed by atoms with E-state index in [1.165, 1.54) is 6.07 Å². The average molecular weight is 250 g/mol. The lowest BCUT2D eigenvalue weighted by molar-refractivity contribution is 0.508. The standard InChI is InChI=1S/C15H10N2O2/c18-14-9-13(11-5-2-1-3-6-11)17-15(19-14)12-7-4-8-16-10-12/h1-10H. The normalized spacial score (nSPS) is 10.3. The van der Waals surface area contributed by atoms with Crippen molar-refractivity contribution < 1.29 is 4.42 Å². The van der Waals surface area contributed by atoms with Crippen LogP contribution in [0.3, 0.4) is 0 Å². The molecule has 0 bridgehead atoms. The Bertz CT molecular complexity index is 676. The van der Waals surface area contributed by atoms with E-state index in [0.29, 0.717) is 11.3 Å². The van der Waals surface area contributed by atoms with E-state index in [1.54, 1.807) is 24.5 Å². The van der Waals surface area contributed by atoms with Gasteiger partial charge in [-0.3, -0.25) is 4.98 Å². The van der Waals surface area contributed by atoms with Gasteiger partial charge in [-0.15, -0.1) is 0 Å². The van der Waals surface area contributed by atoms with Gasteiger partial charge < -0.3 is 4.42 Å². The van der Waals surface area contributed by atoms with Crippen LogP contribution in [0.15, 0.2) is 70.1 Å². The molecule has 92 valence electrons. The molecule has 0 spiro atoms. The van der Waals surface area contributed by atoms with Gasteiger partial charge in [0.2, 0.25) is 5.89 Å². The zero-order chi connectivity index (χ0) is 13.1. The smallest absolute Gasteiger partial charge is 0.339 e. The number of rotatable bonds is 2. The van der Waals surface area contributed by atoms with Gasteiger partial charge in [-0.05, 0) is 12.1 Å². The zero-order valence-corrected chi connectivity index (χ0v) is 9.98. The Balaban J connectivity index is 2.15. The maximum atomic E-state index is 11.6. The summed E-state index contributed by atoms with van der Waals surface area (Å²) in [7, 11) is 0. The Morgan fingerprint density at radius 2 is 1.74 bits per heavy atom. The first-order chi connectivity index (χ1) is 9.33. The van der Waals surface area contributed by atoms with Crippen LogP contribution in [0.1, 0.15) is 0 Å². The van der Waals surface area contributed by atoms with Crippen LogP contribution < -0.4 is 5.63 Å². The van der Waals surface area contributed by atoms with Crippen LogP contribution >= 0.6 is 0 Å². The highest BCUT2D eigenvalue weighted by Crippen LogP contribution is 2.19. The molecule has 0 saturated heterocycles. The topological polar surface area (TPSA) is 56.0 Å². The minimum Gasteiger partial charge on any atom is -0.403 e. The van der Waals surface area contributed by atoms with Crippen molar-refractivity contribution in [3.05, 3.63) is 71.3 Å². The molecule has 0 unspecified atom stereocenters. The van der Waals surface area contributed by atoms with Crippen LogP contribution in [0.25, 0.3) is 22.7 Å². The number of aromatic nitrogens is 2. The molecule has 2 aromatic heterocycles. The van der Waals surface area contributed by atoms with Gasteiger partial charge in [-0.25, -0.2) is 9.78 Å². The van der Waals surface area contributed by atoms with E-state index in [0.717, 1.165) is 5.56 Å². The van der Waals surface area contributed by atoms with Crippen LogP contribution in [0.5, 0.6) is 0 Å². The Morgan fingerprint density at radius 3 is 2.47 bits per heavy atom. The Kier molecular flexibility index (Phi) is 2.90. The third kappa shape index (κ3) is 2.42. The van der Waals surface area contributed by atoms with Crippen molar-refractivity contribution in [3.8, 4) is 22.7 Å². The molecular weight excluding hydrogens is 240 g/mol. The van der Waals surface area contributed by atoms with Crippen LogP contribution in [-0.2, 0) is 0 Å². The minimum atomic E-state index is -0.423. The fraction of sp³-hybridized carbons (Fsp3) is 0. The summed E-state index contributed by atoms with van der Waals surface area (Å²) in [6, 6.07) is 14.5. The summed E-state index contributed by atoms with van der Waals surface area (Å²) in [5.41, 5.74) is 1.72. The molecule has 0 aliphatic carbocycles. The lowest BCUT2D eigenvalue weighted by atomic mass is 10.1. The van der Waals surface area contributed by atoms with E-state index in [-0.39, 0.29) is 5.89 Å². The van der Waals surface area contributed by atoms with Crippen molar-refractivity contribution in [3.63, 3.8) is 0 Å². The monoisotopic (exact) mass is 250 g/mol. The summed E-state index contributed by atoms with van der Waals surface area (Å²) in [5.74, 6) is 0.277. The highest BCUT2D eigenvalue weighted by Gasteiger charge is 2.07. The first kappa shape index (κ1) is 11.3. The second-order valence-corrected chi connectivity index (χ2v) is 3.98. The molecule has 0 aliphatic heterocycles. The summed E-state index contributed by atoms with van der Waals surface area (Å²) >= 11 is 0. The zero-order valence-electron chi connectivity index (χ0n) is 9.98. The van der Waals surface area contributed by atoms with Crippen molar-refractivity contribution in [2.45, 2.75) is 0 Å². The van der Waals surface area contributed by atoms with Crippen LogP contribution in [0, 0.1) is 0 Å². The molecule has 0 amide bonds.